The van der Waals surface area contributed by atoms with Gasteiger partial charge in [0.15, 0.2) is 5.96 Å². The number of methoxy groups -OCH3 is 1. The first kappa shape index (κ1) is 18.5. The Labute approximate surface area is 157 Å². The van der Waals surface area contributed by atoms with Crippen LogP contribution in [0.3, 0.4) is 0 Å². The lowest BCUT2D eigenvalue weighted by molar-refractivity contribution is -0.171. The summed E-state index contributed by atoms with van der Waals surface area (Å²) >= 11 is 0. The molecule has 0 aromatic carbocycles. The Balaban J connectivity index is 1.26. The average molecular weight is 366 g/mol. The van der Waals surface area contributed by atoms with E-state index < -0.39 is 0 Å². The van der Waals surface area contributed by atoms with Crippen LogP contribution in [0.25, 0.3) is 0 Å². The number of guanidine groups is 1. The van der Waals surface area contributed by atoms with Gasteiger partial charge >= 0.3 is 0 Å². The molecule has 4 fully saturated rings. The topological polar surface area (TPSA) is 55.3 Å². The van der Waals surface area contributed by atoms with Gasteiger partial charge in [-0.05, 0) is 38.5 Å². The van der Waals surface area contributed by atoms with Crippen molar-refractivity contribution in [2.24, 2.45) is 16.3 Å². The van der Waals surface area contributed by atoms with Crippen molar-refractivity contribution in [1.82, 2.24) is 10.2 Å². The minimum absolute atomic E-state index is 0.385. The number of ether oxygens (including phenoxy) is 3. The zero-order valence-electron chi connectivity index (χ0n) is 16.4. The second-order valence-electron chi connectivity index (χ2n) is 8.40. The monoisotopic (exact) mass is 365 g/mol. The number of nitrogens with zero attached hydrogens (tertiary/aromatic N) is 2. The first-order valence-electron chi connectivity index (χ1n) is 10.5. The number of likely N-dealkylation sites (tertiary alicyclic amines) is 1. The lowest BCUT2D eigenvalue weighted by Crippen LogP contribution is -2.72. The van der Waals surface area contributed by atoms with E-state index in [2.05, 4.69) is 15.2 Å². The molecule has 0 radical (unpaired) electrons. The average Bonchev–Trinajstić information content (AvgIpc) is 3.04. The lowest BCUT2D eigenvalue weighted by Gasteiger charge is -2.63. The van der Waals surface area contributed by atoms with Gasteiger partial charge in [-0.25, -0.2) is 0 Å². The first-order valence-corrected chi connectivity index (χ1v) is 10.5. The summed E-state index contributed by atoms with van der Waals surface area (Å²) in [6, 6.07) is 0.561. The standard InChI is InChI=1S/C20H35N3O3/c1-21-19(23-10-5-15(6-11-23)25-13-4-12-24-2)22-17-16-7-14-26-18(16)20(17)8-3-9-20/h15-18H,3-14H2,1-2H3,(H,21,22). The maximum absolute atomic E-state index is 6.05. The second kappa shape index (κ2) is 8.03. The lowest BCUT2D eigenvalue weighted by atomic mass is 9.46. The molecule has 2 heterocycles. The van der Waals surface area contributed by atoms with E-state index in [0.717, 1.165) is 58.1 Å². The molecule has 6 nitrogen and oxygen atoms in total. The van der Waals surface area contributed by atoms with E-state index in [1.54, 1.807) is 7.11 Å². The van der Waals surface area contributed by atoms with Crippen LogP contribution in [0.5, 0.6) is 0 Å². The third-order valence-corrected chi connectivity index (χ3v) is 7.12. The molecule has 2 aliphatic heterocycles. The minimum atomic E-state index is 0.385. The molecule has 1 spiro atoms. The molecule has 4 rings (SSSR count). The molecule has 2 saturated carbocycles. The van der Waals surface area contributed by atoms with E-state index in [-0.39, 0.29) is 0 Å². The van der Waals surface area contributed by atoms with Gasteiger partial charge in [0.2, 0.25) is 0 Å². The van der Waals surface area contributed by atoms with Crippen LogP contribution in [0, 0.1) is 11.3 Å². The molecule has 0 bridgehead atoms. The van der Waals surface area contributed by atoms with Crippen LogP contribution < -0.4 is 5.32 Å². The van der Waals surface area contributed by atoms with Crippen molar-refractivity contribution in [2.75, 3.05) is 47.1 Å². The van der Waals surface area contributed by atoms with E-state index in [1.807, 2.05) is 7.05 Å². The summed E-state index contributed by atoms with van der Waals surface area (Å²) in [5, 5.41) is 3.85. The number of rotatable bonds is 6. The van der Waals surface area contributed by atoms with Crippen LogP contribution in [-0.4, -0.2) is 76.2 Å². The summed E-state index contributed by atoms with van der Waals surface area (Å²) in [6.07, 6.45) is 9.24. The highest BCUT2D eigenvalue weighted by molar-refractivity contribution is 5.80. The molecule has 3 unspecified atom stereocenters. The van der Waals surface area contributed by atoms with E-state index in [1.165, 1.54) is 25.7 Å². The summed E-state index contributed by atoms with van der Waals surface area (Å²) < 4.78 is 17.1. The van der Waals surface area contributed by atoms with E-state index in [4.69, 9.17) is 14.2 Å². The molecule has 0 aromatic heterocycles. The van der Waals surface area contributed by atoms with E-state index >= 15 is 0 Å². The highest BCUT2D eigenvalue weighted by Gasteiger charge is 2.66. The maximum atomic E-state index is 6.05. The smallest absolute Gasteiger partial charge is 0.193 e. The first-order chi connectivity index (χ1) is 12.8. The van der Waals surface area contributed by atoms with Crippen LogP contribution in [0.15, 0.2) is 4.99 Å². The fourth-order valence-corrected chi connectivity index (χ4v) is 5.58. The number of hydrogen-bond acceptors (Lipinski definition) is 4. The highest BCUT2D eigenvalue weighted by Crippen LogP contribution is 2.62. The van der Waals surface area contributed by atoms with Crippen molar-refractivity contribution in [3.8, 4) is 0 Å². The summed E-state index contributed by atoms with van der Waals surface area (Å²) in [4.78, 5) is 7.04. The minimum Gasteiger partial charge on any atom is -0.385 e. The van der Waals surface area contributed by atoms with Crippen molar-refractivity contribution in [3.05, 3.63) is 0 Å². The summed E-state index contributed by atoms with van der Waals surface area (Å²) in [5.74, 6) is 1.78. The molecule has 2 aliphatic carbocycles. The van der Waals surface area contributed by atoms with Gasteiger partial charge in [-0.3, -0.25) is 4.99 Å². The summed E-state index contributed by atoms with van der Waals surface area (Å²) in [6.45, 7) is 4.58. The van der Waals surface area contributed by atoms with Gasteiger partial charge in [-0.2, -0.15) is 0 Å². The fourth-order valence-electron chi connectivity index (χ4n) is 5.58. The van der Waals surface area contributed by atoms with Crippen LogP contribution in [0.2, 0.25) is 0 Å². The Morgan fingerprint density at radius 3 is 2.69 bits per heavy atom. The van der Waals surface area contributed by atoms with Crippen LogP contribution in [-0.2, 0) is 14.2 Å². The van der Waals surface area contributed by atoms with Crippen molar-refractivity contribution in [2.45, 2.75) is 63.2 Å². The number of piperidine rings is 1. The van der Waals surface area contributed by atoms with Gasteiger partial charge in [-0.15, -0.1) is 0 Å². The third-order valence-electron chi connectivity index (χ3n) is 7.12. The molecule has 26 heavy (non-hydrogen) atoms. The SMILES string of the molecule is CN=C(NC1C2CCOC2C12CCC2)N1CCC(OCCCOC)CC1. The van der Waals surface area contributed by atoms with Crippen LogP contribution in [0.4, 0.5) is 0 Å². The maximum Gasteiger partial charge on any atom is 0.193 e. The molecule has 0 aromatic rings. The number of aliphatic imine (C=N–C) groups is 1. The number of nitrogens with one attached hydrogen (secondary N) is 1. The highest BCUT2D eigenvalue weighted by atomic mass is 16.5. The molecule has 6 heteroatoms. The third kappa shape index (κ3) is 3.25. The molecule has 4 aliphatic rings. The number of hydrogen-bond donors (Lipinski definition) is 1. The van der Waals surface area contributed by atoms with Gasteiger partial charge in [0.25, 0.3) is 0 Å². The van der Waals surface area contributed by atoms with Crippen LogP contribution >= 0.6 is 0 Å². The Hall–Kier alpha value is -0.850. The van der Waals surface area contributed by atoms with Gasteiger partial charge in [-0.1, -0.05) is 6.42 Å². The van der Waals surface area contributed by atoms with Crippen molar-refractivity contribution in [1.29, 1.82) is 0 Å². The van der Waals surface area contributed by atoms with Crippen molar-refractivity contribution >= 4 is 5.96 Å². The van der Waals surface area contributed by atoms with E-state index in [9.17, 15) is 0 Å². The van der Waals surface area contributed by atoms with E-state index in [0.29, 0.717) is 29.6 Å². The quantitative estimate of drug-likeness (QED) is 0.443. The Bertz CT molecular complexity index is 501. The molecular weight excluding hydrogens is 330 g/mol. The molecular formula is C20H35N3O3. The normalized spacial score (nSPS) is 33.7. The molecule has 1 N–H and O–H groups in total. The molecule has 3 atom stereocenters. The predicted octanol–water partition coefficient (Wildman–Crippen LogP) is 2.04. The molecule has 2 saturated heterocycles. The Morgan fingerprint density at radius 2 is 2.04 bits per heavy atom. The molecule has 148 valence electrons. The Kier molecular flexibility index (Phi) is 5.72. The largest absolute Gasteiger partial charge is 0.385 e. The second-order valence-corrected chi connectivity index (χ2v) is 8.40. The van der Waals surface area contributed by atoms with Crippen molar-refractivity contribution < 1.29 is 14.2 Å². The van der Waals surface area contributed by atoms with Gasteiger partial charge in [0.1, 0.15) is 0 Å². The zero-order valence-corrected chi connectivity index (χ0v) is 16.4. The fraction of sp³-hybridized carbons (Fsp3) is 0.950. The summed E-state index contributed by atoms with van der Waals surface area (Å²) in [7, 11) is 3.66. The predicted molar refractivity (Wildman–Crippen MR) is 101 cm³/mol. The van der Waals surface area contributed by atoms with Gasteiger partial charge in [0, 0.05) is 64.4 Å². The molecule has 0 amide bonds. The van der Waals surface area contributed by atoms with Gasteiger partial charge in [0.05, 0.1) is 12.2 Å². The Morgan fingerprint density at radius 1 is 1.23 bits per heavy atom. The number of fused-ring (bicyclic) bond motifs is 2. The summed E-state index contributed by atoms with van der Waals surface area (Å²) in [5.41, 5.74) is 0.403. The van der Waals surface area contributed by atoms with Crippen molar-refractivity contribution in [3.63, 3.8) is 0 Å². The van der Waals surface area contributed by atoms with Crippen LogP contribution in [0.1, 0.15) is 44.9 Å². The zero-order chi connectivity index (χ0) is 18.0. The van der Waals surface area contributed by atoms with Gasteiger partial charge < -0.3 is 24.4 Å².